The van der Waals surface area contributed by atoms with Crippen molar-refractivity contribution in [3.63, 3.8) is 0 Å². The summed E-state index contributed by atoms with van der Waals surface area (Å²) in [5, 5.41) is 2.48. The third-order valence-electron chi connectivity index (χ3n) is 4.30. The van der Waals surface area contributed by atoms with Gasteiger partial charge >= 0.3 is 0 Å². The summed E-state index contributed by atoms with van der Waals surface area (Å²) >= 11 is 5.11. The zero-order valence-electron chi connectivity index (χ0n) is 14.0. The summed E-state index contributed by atoms with van der Waals surface area (Å²) in [5.41, 5.74) is 3.10. The van der Waals surface area contributed by atoms with Gasteiger partial charge in [-0.15, -0.1) is 0 Å². The van der Waals surface area contributed by atoms with E-state index >= 15 is 0 Å². The molecular formula is C18H16FN3O2S. The summed E-state index contributed by atoms with van der Waals surface area (Å²) in [6, 6.07) is 7.24. The first-order valence-corrected chi connectivity index (χ1v) is 8.00. The van der Waals surface area contributed by atoms with Crippen molar-refractivity contribution in [3.8, 4) is 0 Å². The maximum Gasteiger partial charge on any atom is 0.270 e. The molecule has 3 rings (SSSR count). The molecule has 2 aromatic rings. The van der Waals surface area contributed by atoms with E-state index < -0.39 is 17.6 Å². The Morgan fingerprint density at radius 1 is 1.16 bits per heavy atom. The lowest BCUT2D eigenvalue weighted by atomic mass is 10.1. The zero-order valence-corrected chi connectivity index (χ0v) is 14.8. The molecule has 1 saturated heterocycles. The number of amides is 2. The van der Waals surface area contributed by atoms with Crippen LogP contribution in [0.3, 0.4) is 0 Å². The fourth-order valence-corrected chi connectivity index (χ4v) is 2.95. The molecule has 0 atom stereocenters. The van der Waals surface area contributed by atoms with Crippen LogP contribution in [0.2, 0.25) is 0 Å². The van der Waals surface area contributed by atoms with Gasteiger partial charge in [0.1, 0.15) is 11.4 Å². The first-order valence-electron chi connectivity index (χ1n) is 7.59. The second-order valence-electron chi connectivity index (χ2n) is 5.82. The highest BCUT2D eigenvalue weighted by atomic mass is 32.1. The summed E-state index contributed by atoms with van der Waals surface area (Å²) in [4.78, 5) is 26.3. The minimum absolute atomic E-state index is 0.0216. The van der Waals surface area contributed by atoms with Crippen LogP contribution in [0.15, 0.2) is 35.9 Å². The normalized spacial score (nSPS) is 16.6. The molecule has 1 N–H and O–H groups in total. The molecule has 5 nitrogen and oxygen atoms in total. The van der Waals surface area contributed by atoms with Gasteiger partial charge in [0, 0.05) is 18.4 Å². The topological polar surface area (TPSA) is 54.3 Å². The fraction of sp³-hybridized carbons (Fsp3) is 0.167. The van der Waals surface area contributed by atoms with E-state index in [0.29, 0.717) is 5.69 Å². The standard InChI is InChI=1S/C18H16FN3O2S/c1-10-8-12(11(2)21(10)3)9-15-16(23)20-18(25)22(17(15)24)14-6-4-13(19)5-7-14/h4-9H,1-3H3,(H,20,23,25)/b15-9-. The number of halogens is 1. The smallest absolute Gasteiger partial charge is 0.270 e. The summed E-state index contributed by atoms with van der Waals surface area (Å²) in [5.74, 6) is -1.51. The minimum atomic E-state index is -0.547. The Labute approximate surface area is 149 Å². The maximum atomic E-state index is 13.1. The third kappa shape index (κ3) is 2.98. The van der Waals surface area contributed by atoms with E-state index in [2.05, 4.69) is 5.32 Å². The number of rotatable bonds is 2. The van der Waals surface area contributed by atoms with E-state index in [1.165, 1.54) is 29.2 Å². The van der Waals surface area contributed by atoms with Gasteiger partial charge in [0.2, 0.25) is 0 Å². The molecule has 0 bridgehead atoms. The van der Waals surface area contributed by atoms with Crippen LogP contribution < -0.4 is 10.2 Å². The quantitative estimate of drug-likeness (QED) is 0.511. The van der Waals surface area contributed by atoms with Crippen LogP contribution in [0.25, 0.3) is 6.08 Å². The Balaban J connectivity index is 2.05. The molecule has 7 heteroatoms. The van der Waals surface area contributed by atoms with Gasteiger partial charge in [-0.25, -0.2) is 4.39 Å². The van der Waals surface area contributed by atoms with Crippen LogP contribution >= 0.6 is 12.2 Å². The molecule has 0 unspecified atom stereocenters. The fourth-order valence-electron chi connectivity index (χ4n) is 2.67. The van der Waals surface area contributed by atoms with Crippen molar-refractivity contribution in [2.24, 2.45) is 7.05 Å². The Morgan fingerprint density at radius 2 is 1.80 bits per heavy atom. The number of hydrogen-bond acceptors (Lipinski definition) is 3. The predicted molar refractivity (Wildman–Crippen MR) is 97.5 cm³/mol. The van der Waals surface area contributed by atoms with E-state index in [1.54, 1.807) is 6.08 Å². The molecule has 128 valence electrons. The van der Waals surface area contributed by atoms with E-state index in [1.807, 2.05) is 31.5 Å². The Bertz CT molecular complexity index is 929. The van der Waals surface area contributed by atoms with Gasteiger partial charge in [-0.2, -0.15) is 0 Å². The number of aromatic nitrogens is 1. The van der Waals surface area contributed by atoms with Gasteiger partial charge in [-0.1, -0.05) is 0 Å². The van der Waals surface area contributed by atoms with Crippen LogP contribution in [0, 0.1) is 19.7 Å². The van der Waals surface area contributed by atoms with Crippen molar-refractivity contribution in [3.05, 3.63) is 58.7 Å². The molecule has 0 saturated carbocycles. The number of anilines is 1. The lowest BCUT2D eigenvalue weighted by Gasteiger charge is -2.28. The molecule has 2 amide bonds. The highest BCUT2D eigenvalue weighted by molar-refractivity contribution is 7.80. The molecule has 1 fully saturated rings. The lowest BCUT2D eigenvalue weighted by Crippen LogP contribution is -2.54. The van der Waals surface area contributed by atoms with Crippen LogP contribution in [0.4, 0.5) is 10.1 Å². The first kappa shape index (κ1) is 17.0. The second-order valence-corrected chi connectivity index (χ2v) is 6.21. The summed E-state index contributed by atoms with van der Waals surface area (Å²) in [7, 11) is 1.91. The van der Waals surface area contributed by atoms with E-state index in [4.69, 9.17) is 12.2 Å². The van der Waals surface area contributed by atoms with Gasteiger partial charge in [0.15, 0.2) is 5.11 Å². The maximum absolute atomic E-state index is 13.1. The number of nitrogens with zero attached hydrogens (tertiary/aromatic N) is 2. The van der Waals surface area contributed by atoms with Crippen molar-refractivity contribution < 1.29 is 14.0 Å². The summed E-state index contributed by atoms with van der Waals surface area (Å²) < 4.78 is 15.1. The highest BCUT2D eigenvalue weighted by Crippen LogP contribution is 2.24. The van der Waals surface area contributed by atoms with E-state index in [-0.39, 0.29) is 10.7 Å². The number of hydrogen-bond donors (Lipinski definition) is 1. The number of carbonyl (C=O) groups is 2. The molecule has 1 aromatic carbocycles. The molecule has 1 aliphatic heterocycles. The molecule has 0 radical (unpaired) electrons. The van der Waals surface area contributed by atoms with Crippen LogP contribution in [-0.2, 0) is 16.6 Å². The first-order chi connectivity index (χ1) is 11.8. The molecule has 0 spiro atoms. The van der Waals surface area contributed by atoms with Crippen molar-refractivity contribution in [2.45, 2.75) is 13.8 Å². The molecule has 1 aliphatic rings. The van der Waals surface area contributed by atoms with Crippen LogP contribution in [-0.4, -0.2) is 21.5 Å². The average Bonchev–Trinajstić information content (AvgIpc) is 2.80. The molecular weight excluding hydrogens is 341 g/mol. The molecule has 0 aliphatic carbocycles. The number of nitrogens with one attached hydrogen (secondary N) is 1. The van der Waals surface area contributed by atoms with Gasteiger partial charge in [-0.05, 0) is 68.0 Å². The predicted octanol–water partition coefficient (Wildman–Crippen LogP) is 2.61. The minimum Gasteiger partial charge on any atom is -0.352 e. The SMILES string of the molecule is Cc1cc(/C=C2/C(=O)NC(=S)N(c3ccc(F)cc3)C2=O)c(C)n1C. The largest absolute Gasteiger partial charge is 0.352 e. The average molecular weight is 357 g/mol. The van der Waals surface area contributed by atoms with Crippen molar-refractivity contribution in [1.29, 1.82) is 0 Å². The molecule has 25 heavy (non-hydrogen) atoms. The number of aryl methyl sites for hydroxylation is 1. The zero-order chi connectivity index (χ0) is 18.3. The highest BCUT2D eigenvalue weighted by Gasteiger charge is 2.34. The Hall–Kier alpha value is -2.80. The van der Waals surface area contributed by atoms with Gasteiger partial charge < -0.3 is 4.57 Å². The van der Waals surface area contributed by atoms with E-state index in [9.17, 15) is 14.0 Å². The Kier molecular flexibility index (Phi) is 4.26. The van der Waals surface area contributed by atoms with E-state index in [0.717, 1.165) is 17.0 Å². The monoisotopic (exact) mass is 357 g/mol. The number of benzene rings is 1. The Morgan fingerprint density at radius 3 is 2.36 bits per heavy atom. The summed E-state index contributed by atoms with van der Waals surface area (Å²) in [6.07, 6.45) is 1.55. The van der Waals surface area contributed by atoms with Crippen molar-refractivity contribution in [1.82, 2.24) is 9.88 Å². The van der Waals surface area contributed by atoms with Gasteiger partial charge in [0.05, 0.1) is 5.69 Å². The van der Waals surface area contributed by atoms with Gasteiger partial charge in [-0.3, -0.25) is 19.8 Å². The van der Waals surface area contributed by atoms with Crippen molar-refractivity contribution >= 4 is 40.9 Å². The second kappa shape index (κ2) is 6.25. The van der Waals surface area contributed by atoms with Crippen LogP contribution in [0.5, 0.6) is 0 Å². The molecule has 1 aromatic heterocycles. The molecule has 2 heterocycles. The summed E-state index contributed by atoms with van der Waals surface area (Å²) in [6.45, 7) is 3.85. The van der Waals surface area contributed by atoms with Crippen LogP contribution in [0.1, 0.15) is 17.0 Å². The van der Waals surface area contributed by atoms with Crippen molar-refractivity contribution in [2.75, 3.05) is 4.90 Å². The number of carbonyl (C=O) groups excluding carboxylic acids is 2. The van der Waals surface area contributed by atoms with Gasteiger partial charge in [0.25, 0.3) is 11.8 Å². The lowest BCUT2D eigenvalue weighted by molar-refractivity contribution is -0.122. The number of thiocarbonyl (C=S) groups is 1. The third-order valence-corrected chi connectivity index (χ3v) is 4.59.